The second-order valence-electron chi connectivity index (χ2n) is 7.09. The Hall–Kier alpha value is -3.00. The highest BCUT2D eigenvalue weighted by Crippen LogP contribution is 2.31. The number of nitrogens with one attached hydrogen (secondary N) is 1. The number of hydrogen-bond donors (Lipinski definition) is 2. The molecule has 2 heterocycles. The van der Waals surface area contributed by atoms with Crippen molar-refractivity contribution in [2.75, 3.05) is 0 Å². The van der Waals surface area contributed by atoms with Gasteiger partial charge in [0.15, 0.2) is 5.17 Å². The zero-order valence-corrected chi connectivity index (χ0v) is 19.3. The minimum atomic E-state index is -1.09. The van der Waals surface area contributed by atoms with E-state index in [1.165, 1.54) is 17.8 Å². The molecule has 0 saturated carbocycles. The van der Waals surface area contributed by atoms with E-state index in [1.54, 1.807) is 42.5 Å². The van der Waals surface area contributed by atoms with Crippen molar-refractivity contribution in [3.63, 3.8) is 0 Å². The molecule has 1 saturated heterocycles. The van der Waals surface area contributed by atoms with Crippen LogP contribution in [0.25, 0.3) is 11.8 Å². The smallest absolute Gasteiger partial charge is 0.337 e. The van der Waals surface area contributed by atoms with Crippen LogP contribution in [0.1, 0.15) is 27.3 Å². The van der Waals surface area contributed by atoms with Gasteiger partial charge in [0.1, 0.15) is 0 Å². The van der Waals surface area contributed by atoms with Crippen LogP contribution in [-0.2, 0) is 4.79 Å². The Balaban J connectivity index is 1.67. The first-order valence-electron chi connectivity index (χ1n) is 9.50. The van der Waals surface area contributed by atoms with Gasteiger partial charge in [0.05, 0.1) is 21.2 Å². The Kier molecular flexibility index (Phi) is 6.15. The van der Waals surface area contributed by atoms with Gasteiger partial charge in [-0.2, -0.15) is 0 Å². The fraction of sp³-hybridized carbons (Fsp3) is 0.0870. The summed E-state index contributed by atoms with van der Waals surface area (Å²) >= 11 is 13.3. The lowest BCUT2D eigenvalue weighted by atomic mass is 10.2. The number of benzene rings is 2. The average molecular weight is 486 g/mol. The number of carboxylic acids is 1. The molecule has 0 spiro atoms. The molecule has 1 aliphatic heterocycles. The second kappa shape index (κ2) is 8.86. The molecule has 2 aromatic carbocycles. The third-order valence-corrected chi connectivity index (χ3v) is 6.36. The minimum Gasteiger partial charge on any atom is -0.478 e. The average Bonchev–Trinajstić information content (AvgIpc) is 3.20. The zero-order valence-electron chi connectivity index (χ0n) is 17.0. The van der Waals surface area contributed by atoms with Gasteiger partial charge in [-0.1, -0.05) is 29.3 Å². The topological polar surface area (TPSA) is 83.7 Å². The summed E-state index contributed by atoms with van der Waals surface area (Å²) in [6.45, 7) is 3.82. The quantitative estimate of drug-likeness (QED) is 0.444. The maximum atomic E-state index is 12.5. The first kappa shape index (κ1) is 22.2. The third kappa shape index (κ3) is 4.46. The highest BCUT2D eigenvalue weighted by molar-refractivity contribution is 8.18. The molecule has 9 heteroatoms. The lowest BCUT2D eigenvalue weighted by Crippen LogP contribution is -2.19. The van der Waals surface area contributed by atoms with Crippen molar-refractivity contribution in [3.05, 3.63) is 86.0 Å². The number of halogens is 2. The summed E-state index contributed by atoms with van der Waals surface area (Å²) in [5, 5.41) is 13.4. The summed E-state index contributed by atoms with van der Waals surface area (Å²) in [6, 6.07) is 13.9. The fourth-order valence-electron chi connectivity index (χ4n) is 3.43. The summed E-state index contributed by atoms with van der Waals surface area (Å²) in [5.41, 5.74) is 3.96. The normalized spacial score (nSPS) is 16.1. The van der Waals surface area contributed by atoms with Crippen molar-refractivity contribution >= 4 is 63.8 Å². The van der Waals surface area contributed by atoms with Crippen LogP contribution in [0.2, 0.25) is 10.0 Å². The molecule has 1 aliphatic rings. The molecule has 6 nitrogen and oxygen atoms in total. The lowest BCUT2D eigenvalue weighted by Gasteiger charge is -2.11. The first-order valence-corrected chi connectivity index (χ1v) is 11.1. The monoisotopic (exact) mass is 485 g/mol. The van der Waals surface area contributed by atoms with Crippen molar-refractivity contribution in [1.29, 1.82) is 0 Å². The Labute approximate surface area is 198 Å². The number of aromatic carboxylic acids is 1. The van der Waals surface area contributed by atoms with Gasteiger partial charge >= 0.3 is 5.97 Å². The van der Waals surface area contributed by atoms with Gasteiger partial charge in [-0.3, -0.25) is 4.79 Å². The highest BCUT2D eigenvalue weighted by Gasteiger charge is 2.25. The number of thioether (sulfide) groups is 1. The number of amides is 1. The van der Waals surface area contributed by atoms with E-state index in [-0.39, 0.29) is 16.5 Å². The molecule has 0 unspecified atom stereocenters. The van der Waals surface area contributed by atoms with Gasteiger partial charge in [-0.25, -0.2) is 9.79 Å². The van der Waals surface area contributed by atoms with Crippen molar-refractivity contribution in [2.24, 2.45) is 4.99 Å². The molecule has 1 amide bonds. The van der Waals surface area contributed by atoms with Crippen LogP contribution in [-0.4, -0.2) is 26.7 Å². The van der Waals surface area contributed by atoms with Crippen LogP contribution in [0.4, 0.5) is 5.69 Å². The number of rotatable bonds is 4. The molecule has 4 rings (SSSR count). The van der Waals surface area contributed by atoms with E-state index < -0.39 is 5.97 Å². The molecule has 0 radical (unpaired) electrons. The van der Waals surface area contributed by atoms with E-state index in [4.69, 9.17) is 23.2 Å². The van der Waals surface area contributed by atoms with E-state index in [0.29, 0.717) is 26.5 Å². The van der Waals surface area contributed by atoms with E-state index >= 15 is 0 Å². The second-order valence-corrected chi connectivity index (χ2v) is 8.97. The van der Waals surface area contributed by atoms with Crippen LogP contribution >= 0.6 is 35.0 Å². The standard InChI is InChI=1S/C23H17Cl2N3O3S/c1-12-8-14(13(2)28(12)17-6-7-19(25)18(11-17)22(30)31)9-20-21(29)27-23(32-20)26-16-5-3-4-15(24)10-16/h3-11H,1-2H3,(H,30,31)(H,26,27,29)/b20-9-. The molecule has 0 atom stereocenters. The van der Waals surface area contributed by atoms with E-state index in [0.717, 1.165) is 17.0 Å². The number of nitrogens with zero attached hydrogens (tertiary/aromatic N) is 2. The van der Waals surface area contributed by atoms with Gasteiger partial charge in [0, 0.05) is 22.1 Å². The van der Waals surface area contributed by atoms with E-state index in [2.05, 4.69) is 10.3 Å². The summed E-state index contributed by atoms with van der Waals surface area (Å²) in [5.74, 6) is -1.33. The first-order chi connectivity index (χ1) is 15.2. The summed E-state index contributed by atoms with van der Waals surface area (Å²) in [7, 11) is 0. The van der Waals surface area contributed by atoms with Gasteiger partial charge in [-0.15, -0.1) is 0 Å². The maximum absolute atomic E-state index is 12.5. The Morgan fingerprint density at radius 1 is 1.16 bits per heavy atom. The van der Waals surface area contributed by atoms with E-state index in [1.807, 2.05) is 24.5 Å². The molecule has 0 aliphatic carbocycles. The van der Waals surface area contributed by atoms with E-state index in [9.17, 15) is 14.7 Å². The third-order valence-electron chi connectivity index (χ3n) is 4.89. The molecule has 1 fully saturated rings. The fourth-order valence-corrected chi connectivity index (χ4v) is 4.65. The predicted octanol–water partition coefficient (Wildman–Crippen LogP) is 5.99. The molecule has 32 heavy (non-hydrogen) atoms. The van der Waals surface area contributed by atoms with Crippen LogP contribution in [0.15, 0.2) is 58.4 Å². The lowest BCUT2D eigenvalue weighted by molar-refractivity contribution is -0.115. The number of aliphatic imine (C=N–C) groups is 1. The minimum absolute atomic E-state index is 0.0316. The number of carboxylic acid groups (broad SMARTS) is 1. The highest BCUT2D eigenvalue weighted by atomic mass is 35.5. The van der Waals surface area contributed by atoms with Gasteiger partial charge in [-0.05, 0) is 79.7 Å². The molecular weight excluding hydrogens is 469 g/mol. The molecule has 2 N–H and O–H groups in total. The number of aryl methyl sites for hydroxylation is 1. The van der Waals surface area contributed by atoms with Crippen molar-refractivity contribution < 1.29 is 14.7 Å². The van der Waals surface area contributed by atoms with Crippen LogP contribution in [0.5, 0.6) is 0 Å². The molecule has 3 aromatic rings. The number of amidine groups is 1. The predicted molar refractivity (Wildman–Crippen MR) is 129 cm³/mol. The number of hydrogen-bond acceptors (Lipinski definition) is 4. The van der Waals surface area contributed by atoms with Crippen molar-refractivity contribution in [1.82, 2.24) is 9.88 Å². The van der Waals surface area contributed by atoms with Gasteiger partial charge in [0.25, 0.3) is 5.91 Å². The zero-order chi connectivity index (χ0) is 23.0. The number of carbonyl (C=O) groups excluding carboxylic acids is 1. The van der Waals surface area contributed by atoms with Crippen LogP contribution in [0.3, 0.4) is 0 Å². The molecule has 162 valence electrons. The number of aromatic nitrogens is 1. The summed E-state index contributed by atoms with van der Waals surface area (Å²) < 4.78 is 1.92. The van der Waals surface area contributed by atoms with Crippen molar-refractivity contribution in [3.8, 4) is 5.69 Å². The molecule has 0 bridgehead atoms. The van der Waals surface area contributed by atoms with Crippen molar-refractivity contribution in [2.45, 2.75) is 13.8 Å². The Morgan fingerprint density at radius 3 is 2.66 bits per heavy atom. The van der Waals surface area contributed by atoms with Crippen LogP contribution < -0.4 is 5.32 Å². The molecular formula is C23H17Cl2N3O3S. The Morgan fingerprint density at radius 2 is 1.94 bits per heavy atom. The summed E-state index contributed by atoms with van der Waals surface area (Å²) in [4.78, 5) is 28.9. The SMILES string of the molecule is Cc1cc(/C=C2\SC(=Nc3cccc(Cl)c3)NC2=O)c(C)n1-c1ccc(Cl)c(C(=O)O)c1. The molecule has 1 aromatic heterocycles. The van der Waals surface area contributed by atoms with Gasteiger partial charge < -0.3 is 15.0 Å². The Bertz CT molecular complexity index is 1330. The van der Waals surface area contributed by atoms with Gasteiger partial charge in [0.2, 0.25) is 0 Å². The number of carbonyl (C=O) groups is 2. The van der Waals surface area contributed by atoms with Crippen LogP contribution in [0, 0.1) is 13.8 Å². The maximum Gasteiger partial charge on any atom is 0.337 e. The summed E-state index contributed by atoms with van der Waals surface area (Å²) in [6.07, 6.45) is 1.80. The largest absolute Gasteiger partial charge is 0.478 e.